The first kappa shape index (κ1) is 17.2. The zero-order chi connectivity index (χ0) is 15.8. The Morgan fingerprint density at radius 3 is 2.95 bits per heavy atom. The molecular formula is C16H24N2O3S. The first-order chi connectivity index (χ1) is 10.7. The molecule has 1 N–H and O–H groups in total. The topological polar surface area (TPSA) is 62.7 Å². The lowest BCUT2D eigenvalue weighted by Gasteiger charge is -2.33. The summed E-state index contributed by atoms with van der Waals surface area (Å²) in [4.78, 5) is 17.9. The molecule has 0 spiro atoms. The van der Waals surface area contributed by atoms with Crippen LogP contribution in [-0.4, -0.2) is 58.2 Å². The summed E-state index contributed by atoms with van der Waals surface area (Å²) < 4.78 is 5.88. The average molecular weight is 324 g/mol. The summed E-state index contributed by atoms with van der Waals surface area (Å²) in [6.07, 6.45) is 7.01. The molecule has 1 atom stereocenters. The molecule has 2 rings (SSSR count). The zero-order valence-corrected chi connectivity index (χ0v) is 13.8. The van der Waals surface area contributed by atoms with Crippen LogP contribution in [0.4, 0.5) is 0 Å². The van der Waals surface area contributed by atoms with E-state index in [2.05, 4.69) is 4.98 Å². The highest BCUT2D eigenvalue weighted by Crippen LogP contribution is 2.17. The smallest absolute Gasteiger partial charge is 0.251 e. The number of ether oxygens (including phenoxy) is 1. The molecule has 0 radical (unpaired) electrons. The van der Waals surface area contributed by atoms with Crippen LogP contribution in [-0.2, 0) is 16.1 Å². The maximum atomic E-state index is 12.1. The summed E-state index contributed by atoms with van der Waals surface area (Å²) >= 11 is 1.64. The summed E-state index contributed by atoms with van der Waals surface area (Å²) in [5.74, 6) is 0.664. The number of thioether (sulfide) groups is 1. The lowest BCUT2D eigenvalue weighted by atomic mass is 10.1. The number of carbonyl (C=O) groups excluding carboxylic acids is 1. The molecule has 122 valence electrons. The number of rotatable bonds is 7. The SMILES string of the molecule is CSCCC(O)C(=O)N1CCC(OCc2cccnc2)CC1. The van der Waals surface area contributed by atoms with Gasteiger partial charge in [-0.15, -0.1) is 0 Å². The van der Waals surface area contributed by atoms with Gasteiger partial charge in [0.15, 0.2) is 0 Å². The van der Waals surface area contributed by atoms with E-state index in [0.717, 1.165) is 24.2 Å². The van der Waals surface area contributed by atoms with Gasteiger partial charge in [-0.3, -0.25) is 9.78 Å². The molecule has 6 heteroatoms. The van der Waals surface area contributed by atoms with Gasteiger partial charge in [0.1, 0.15) is 6.10 Å². The Kier molecular flexibility index (Phi) is 7.15. The zero-order valence-electron chi connectivity index (χ0n) is 13.0. The fourth-order valence-electron chi connectivity index (χ4n) is 2.50. The second-order valence-electron chi connectivity index (χ2n) is 5.49. The van der Waals surface area contributed by atoms with Crippen LogP contribution in [0.25, 0.3) is 0 Å². The van der Waals surface area contributed by atoms with Gasteiger partial charge in [0.25, 0.3) is 5.91 Å². The molecule has 0 aromatic carbocycles. The largest absolute Gasteiger partial charge is 0.383 e. The van der Waals surface area contributed by atoms with Crippen LogP contribution >= 0.6 is 11.8 Å². The number of piperidine rings is 1. The van der Waals surface area contributed by atoms with Crippen molar-refractivity contribution < 1.29 is 14.6 Å². The Hall–Kier alpha value is -1.11. The van der Waals surface area contributed by atoms with Crippen LogP contribution < -0.4 is 0 Å². The minimum absolute atomic E-state index is 0.139. The van der Waals surface area contributed by atoms with Crippen LogP contribution in [0, 0.1) is 0 Å². The third-order valence-electron chi connectivity index (χ3n) is 3.84. The predicted molar refractivity (Wildman–Crippen MR) is 87.6 cm³/mol. The van der Waals surface area contributed by atoms with Crippen LogP contribution in [0.3, 0.4) is 0 Å². The summed E-state index contributed by atoms with van der Waals surface area (Å²) in [6.45, 7) is 1.88. The molecule has 1 amide bonds. The van der Waals surface area contributed by atoms with Crippen LogP contribution in [0.5, 0.6) is 0 Å². The number of amides is 1. The molecule has 1 unspecified atom stereocenters. The van der Waals surface area contributed by atoms with E-state index in [1.165, 1.54) is 0 Å². The van der Waals surface area contributed by atoms with Crippen molar-refractivity contribution in [1.29, 1.82) is 0 Å². The summed E-state index contributed by atoms with van der Waals surface area (Å²) in [7, 11) is 0. The average Bonchev–Trinajstić information content (AvgIpc) is 2.58. The highest BCUT2D eigenvalue weighted by atomic mass is 32.2. The van der Waals surface area contributed by atoms with Gasteiger partial charge in [-0.1, -0.05) is 6.07 Å². The van der Waals surface area contributed by atoms with Gasteiger partial charge in [0.05, 0.1) is 12.7 Å². The summed E-state index contributed by atoms with van der Waals surface area (Å²) in [5.41, 5.74) is 1.06. The second-order valence-corrected chi connectivity index (χ2v) is 6.48. The fourth-order valence-corrected chi connectivity index (χ4v) is 2.96. The maximum Gasteiger partial charge on any atom is 0.251 e. The molecule has 1 aromatic rings. The van der Waals surface area contributed by atoms with Gasteiger partial charge in [-0.2, -0.15) is 11.8 Å². The Balaban J connectivity index is 1.70. The first-order valence-corrected chi connectivity index (χ1v) is 9.06. The Morgan fingerprint density at radius 1 is 1.55 bits per heavy atom. The number of hydrogen-bond acceptors (Lipinski definition) is 5. The number of aliphatic hydroxyl groups excluding tert-OH is 1. The lowest BCUT2D eigenvalue weighted by Crippen LogP contribution is -2.45. The normalized spacial score (nSPS) is 17.5. The van der Waals surface area contributed by atoms with E-state index in [4.69, 9.17) is 4.74 Å². The Labute approximate surface area is 136 Å². The molecular weight excluding hydrogens is 300 g/mol. The molecule has 22 heavy (non-hydrogen) atoms. The first-order valence-electron chi connectivity index (χ1n) is 7.67. The Bertz CT molecular complexity index is 450. The van der Waals surface area contributed by atoms with Gasteiger partial charge < -0.3 is 14.7 Å². The highest BCUT2D eigenvalue weighted by molar-refractivity contribution is 7.98. The summed E-state index contributed by atoms with van der Waals surface area (Å²) in [5, 5.41) is 9.88. The molecule has 1 saturated heterocycles. The Morgan fingerprint density at radius 2 is 2.32 bits per heavy atom. The van der Waals surface area contributed by atoms with E-state index in [-0.39, 0.29) is 12.0 Å². The number of nitrogens with zero attached hydrogens (tertiary/aromatic N) is 2. The standard InChI is InChI=1S/C16H24N2O3S/c1-22-10-6-15(19)16(20)18-8-4-14(5-9-18)21-12-13-3-2-7-17-11-13/h2-3,7,11,14-15,19H,4-6,8-10,12H2,1H3. The van der Waals surface area contributed by atoms with Gasteiger partial charge in [0, 0.05) is 25.5 Å². The monoisotopic (exact) mass is 324 g/mol. The number of hydrogen-bond donors (Lipinski definition) is 1. The molecule has 0 aliphatic carbocycles. The number of aromatic nitrogens is 1. The lowest BCUT2D eigenvalue weighted by molar-refractivity contribution is -0.143. The molecule has 1 fully saturated rings. The minimum Gasteiger partial charge on any atom is -0.383 e. The maximum absolute atomic E-state index is 12.1. The van der Waals surface area contributed by atoms with E-state index < -0.39 is 6.10 Å². The third-order valence-corrected chi connectivity index (χ3v) is 4.49. The molecule has 1 aliphatic heterocycles. The number of carbonyl (C=O) groups is 1. The predicted octanol–water partition coefficient (Wildman–Crippen LogP) is 1.70. The molecule has 2 heterocycles. The number of aliphatic hydroxyl groups is 1. The van der Waals surface area contributed by atoms with Crippen molar-refractivity contribution in [2.45, 2.75) is 38.1 Å². The highest BCUT2D eigenvalue weighted by Gasteiger charge is 2.27. The van der Waals surface area contributed by atoms with Gasteiger partial charge in [-0.05, 0) is 42.9 Å². The van der Waals surface area contributed by atoms with Gasteiger partial charge in [-0.25, -0.2) is 0 Å². The minimum atomic E-state index is -0.861. The fraction of sp³-hybridized carbons (Fsp3) is 0.625. The van der Waals surface area contributed by atoms with E-state index in [1.807, 2.05) is 18.4 Å². The van der Waals surface area contributed by atoms with Crippen molar-refractivity contribution >= 4 is 17.7 Å². The van der Waals surface area contributed by atoms with Gasteiger partial charge >= 0.3 is 0 Å². The molecule has 1 aromatic heterocycles. The van der Waals surface area contributed by atoms with Gasteiger partial charge in [0.2, 0.25) is 0 Å². The van der Waals surface area contributed by atoms with E-state index in [0.29, 0.717) is 26.1 Å². The molecule has 5 nitrogen and oxygen atoms in total. The molecule has 0 bridgehead atoms. The van der Waals surface area contributed by atoms with Crippen molar-refractivity contribution in [2.75, 3.05) is 25.1 Å². The van der Waals surface area contributed by atoms with E-state index in [1.54, 1.807) is 29.1 Å². The van der Waals surface area contributed by atoms with Crippen molar-refractivity contribution in [3.05, 3.63) is 30.1 Å². The van der Waals surface area contributed by atoms with Crippen molar-refractivity contribution in [2.24, 2.45) is 0 Å². The molecule has 1 aliphatic rings. The molecule has 0 saturated carbocycles. The number of pyridine rings is 1. The van der Waals surface area contributed by atoms with Crippen molar-refractivity contribution in [3.63, 3.8) is 0 Å². The second kappa shape index (κ2) is 9.12. The van der Waals surface area contributed by atoms with Crippen LogP contribution in [0.15, 0.2) is 24.5 Å². The van der Waals surface area contributed by atoms with Crippen molar-refractivity contribution in [1.82, 2.24) is 9.88 Å². The quantitative estimate of drug-likeness (QED) is 0.827. The van der Waals surface area contributed by atoms with E-state index in [9.17, 15) is 9.90 Å². The third kappa shape index (κ3) is 5.26. The van der Waals surface area contributed by atoms with Crippen molar-refractivity contribution in [3.8, 4) is 0 Å². The summed E-state index contributed by atoms with van der Waals surface area (Å²) in [6, 6.07) is 3.89. The van der Waals surface area contributed by atoms with Crippen LogP contribution in [0.1, 0.15) is 24.8 Å². The van der Waals surface area contributed by atoms with E-state index >= 15 is 0 Å². The number of likely N-dealkylation sites (tertiary alicyclic amines) is 1. The van der Waals surface area contributed by atoms with Crippen LogP contribution in [0.2, 0.25) is 0 Å².